The van der Waals surface area contributed by atoms with Crippen molar-refractivity contribution in [1.29, 1.82) is 0 Å². The molecule has 42 heavy (non-hydrogen) atoms. The third-order valence-corrected chi connectivity index (χ3v) is 8.72. The van der Waals surface area contributed by atoms with Gasteiger partial charge in [0.25, 0.3) is 0 Å². The van der Waals surface area contributed by atoms with Crippen LogP contribution < -0.4 is 0 Å². The SMILES string of the molecule is CCCCCCCCCCCCCOCC(COP(=O)(O)OCC[N+](C)(C)C)OCCCCCCCCCCCCC. The maximum Gasteiger partial charge on any atom is 0.472 e. The van der Waals surface area contributed by atoms with Gasteiger partial charge in [-0.05, 0) is 12.8 Å². The molecule has 2 atom stereocenters. The highest BCUT2D eigenvalue weighted by Gasteiger charge is 2.25. The third kappa shape index (κ3) is 32.9. The molecule has 0 spiro atoms. The number of quaternary nitrogens is 1. The van der Waals surface area contributed by atoms with Crippen molar-refractivity contribution in [3.05, 3.63) is 0 Å². The molecule has 7 nitrogen and oxygen atoms in total. The molecule has 0 saturated heterocycles. The summed E-state index contributed by atoms with van der Waals surface area (Å²) in [5.41, 5.74) is 0. The number of ether oxygens (including phenoxy) is 2. The molecular formula is C34H73NO6P+. The number of hydrogen-bond acceptors (Lipinski definition) is 5. The molecule has 0 bridgehead atoms. The van der Waals surface area contributed by atoms with E-state index in [4.69, 9.17) is 18.5 Å². The summed E-state index contributed by atoms with van der Waals surface area (Å²) in [4.78, 5) is 10.1. The van der Waals surface area contributed by atoms with Gasteiger partial charge in [-0.3, -0.25) is 9.05 Å². The lowest BCUT2D eigenvalue weighted by Crippen LogP contribution is -2.37. The fraction of sp³-hybridized carbons (Fsp3) is 1.00. The van der Waals surface area contributed by atoms with E-state index in [2.05, 4.69) is 13.8 Å². The van der Waals surface area contributed by atoms with Crippen LogP contribution in [0.15, 0.2) is 0 Å². The van der Waals surface area contributed by atoms with Crippen molar-refractivity contribution in [2.75, 3.05) is 60.7 Å². The zero-order chi connectivity index (χ0) is 31.2. The van der Waals surface area contributed by atoms with E-state index in [0.717, 1.165) is 19.3 Å². The summed E-state index contributed by atoms with van der Waals surface area (Å²) in [6.45, 7) is 6.98. The van der Waals surface area contributed by atoms with Crippen LogP contribution in [0, 0.1) is 0 Å². The minimum absolute atomic E-state index is 0.00552. The van der Waals surface area contributed by atoms with Gasteiger partial charge in [0.1, 0.15) is 19.3 Å². The van der Waals surface area contributed by atoms with E-state index in [9.17, 15) is 9.46 Å². The molecule has 1 N–H and O–H groups in total. The van der Waals surface area contributed by atoms with Crippen LogP contribution in [0.1, 0.15) is 155 Å². The average molecular weight is 623 g/mol. The fourth-order valence-electron chi connectivity index (χ4n) is 4.89. The number of unbranched alkanes of at least 4 members (excludes halogenated alkanes) is 20. The largest absolute Gasteiger partial charge is 0.472 e. The highest BCUT2D eigenvalue weighted by atomic mass is 31.2. The van der Waals surface area contributed by atoms with Crippen molar-refractivity contribution in [1.82, 2.24) is 0 Å². The number of likely N-dealkylation sites (N-methyl/N-ethyl adjacent to an activating group) is 1. The van der Waals surface area contributed by atoms with Gasteiger partial charge in [0.15, 0.2) is 0 Å². The predicted molar refractivity (Wildman–Crippen MR) is 178 cm³/mol. The van der Waals surface area contributed by atoms with Gasteiger partial charge in [0, 0.05) is 13.2 Å². The van der Waals surface area contributed by atoms with E-state index in [0.29, 0.717) is 30.8 Å². The van der Waals surface area contributed by atoms with Crippen LogP contribution in [0.3, 0.4) is 0 Å². The first kappa shape index (κ1) is 42.0. The maximum absolute atomic E-state index is 12.4. The Labute approximate surface area is 262 Å². The summed E-state index contributed by atoms with van der Waals surface area (Å²) in [5.74, 6) is 0. The van der Waals surface area contributed by atoms with E-state index in [-0.39, 0.29) is 19.3 Å². The molecule has 254 valence electrons. The van der Waals surface area contributed by atoms with Gasteiger partial charge in [-0.25, -0.2) is 4.57 Å². The molecule has 0 amide bonds. The van der Waals surface area contributed by atoms with Crippen LogP contribution in [-0.2, 0) is 23.1 Å². The van der Waals surface area contributed by atoms with Crippen molar-refractivity contribution in [2.45, 2.75) is 161 Å². The minimum Gasteiger partial charge on any atom is -0.379 e. The van der Waals surface area contributed by atoms with Crippen LogP contribution in [-0.4, -0.2) is 76.2 Å². The third-order valence-electron chi connectivity index (χ3n) is 7.74. The first-order valence-electron chi connectivity index (χ1n) is 17.8. The Bertz CT molecular complexity index is 601. The summed E-state index contributed by atoms with van der Waals surface area (Å²) in [6, 6.07) is 0. The molecule has 0 aromatic carbocycles. The second-order valence-electron chi connectivity index (χ2n) is 13.3. The van der Waals surface area contributed by atoms with Crippen molar-refractivity contribution in [2.24, 2.45) is 0 Å². The lowest BCUT2D eigenvalue weighted by Gasteiger charge is -2.24. The van der Waals surface area contributed by atoms with Gasteiger partial charge < -0.3 is 18.9 Å². The van der Waals surface area contributed by atoms with Gasteiger partial charge >= 0.3 is 7.82 Å². The number of phosphoric acid groups is 1. The lowest BCUT2D eigenvalue weighted by molar-refractivity contribution is -0.870. The van der Waals surface area contributed by atoms with Gasteiger partial charge in [-0.1, -0.05) is 142 Å². The molecule has 0 aromatic rings. The molecule has 0 fully saturated rings. The van der Waals surface area contributed by atoms with Gasteiger partial charge in [-0.15, -0.1) is 0 Å². The van der Waals surface area contributed by atoms with Crippen molar-refractivity contribution in [3.63, 3.8) is 0 Å². The first-order chi connectivity index (χ1) is 20.2. The van der Waals surface area contributed by atoms with Crippen LogP contribution >= 0.6 is 7.82 Å². The summed E-state index contributed by atoms with van der Waals surface area (Å²) < 4.78 is 35.5. The summed E-state index contributed by atoms with van der Waals surface area (Å²) in [6.07, 6.45) is 28.2. The smallest absolute Gasteiger partial charge is 0.379 e. The van der Waals surface area contributed by atoms with Gasteiger partial charge in [0.2, 0.25) is 0 Å². The van der Waals surface area contributed by atoms with Crippen molar-refractivity contribution >= 4 is 7.82 Å². The van der Waals surface area contributed by atoms with E-state index >= 15 is 0 Å². The van der Waals surface area contributed by atoms with Crippen LogP contribution in [0.2, 0.25) is 0 Å². The Hall–Kier alpha value is -0.0100. The summed E-state index contributed by atoms with van der Waals surface area (Å²) in [7, 11) is 1.92. The fourth-order valence-corrected chi connectivity index (χ4v) is 5.63. The topological polar surface area (TPSA) is 74.2 Å². The molecular weight excluding hydrogens is 549 g/mol. The molecule has 0 aliphatic carbocycles. The van der Waals surface area contributed by atoms with Crippen LogP contribution in [0.5, 0.6) is 0 Å². The maximum atomic E-state index is 12.4. The lowest BCUT2D eigenvalue weighted by atomic mass is 10.1. The van der Waals surface area contributed by atoms with Crippen molar-refractivity contribution < 1.29 is 32.5 Å². The molecule has 0 aromatic heterocycles. The Kier molecular flexibility index (Phi) is 29.7. The Morgan fingerprint density at radius 1 is 0.548 bits per heavy atom. The monoisotopic (exact) mass is 623 g/mol. The van der Waals surface area contributed by atoms with Gasteiger partial charge in [0.05, 0.1) is 34.4 Å². The number of phosphoric ester groups is 1. The molecule has 0 rings (SSSR count). The quantitative estimate of drug-likeness (QED) is 0.0437. The number of hydrogen-bond donors (Lipinski definition) is 1. The Morgan fingerprint density at radius 2 is 0.952 bits per heavy atom. The van der Waals surface area contributed by atoms with Crippen LogP contribution in [0.4, 0.5) is 0 Å². The number of rotatable bonds is 34. The van der Waals surface area contributed by atoms with Crippen LogP contribution in [0.25, 0.3) is 0 Å². The second-order valence-corrected chi connectivity index (χ2v) is 14.7. The average Bonchev–Trinajstić information content (AvgIpc) is 2.93. The standard InChI is InChI=1S/C34H72NO6P/c1-6-8-10-12-14-16-18-20-22-24-26-29-38-32-34(33-41-42(36,37)40-31-28-35(3,4)5)39-30-27-25-23-21-19-17-15-13-11-9-7-2/h34H,6-33H2,1-5H3/p+1. The van der Waals surface area contributed by atoms with E-state index < -0.39 is 7.82 Å². The molecule has 0 saturated carbocycles. The zero-order valence-electron chi connectivity index (χ0n) is 28.8. The molecule has 0 aliphatic heterocycles. The minimum atomic E-state index is -4.12. The van der Waals surface area contributed by atoms with E-state index in [1.165, 1.54) is 122 Å². The second kappa shape index (κ2) is 29.7. The Balaban J connectivity index is 4.15. The molecule has 0 radical (unpaired) electrons. The highest BCUT2D eigenvalue weighted by molar-refractivity contribution is 7.47. The number of nitrogens with zero attached hydrogens (tertiary/aromatic N) is 1. The normalized spacial score (nSPS) is 14.3. The highest BCUT2D eigenvalue weighted by Crippen LogP contribution is 2.43. The Morgan fingerprint density at radius 3 is 1.38 bits per heavy atom. The molecule has 0 heterocycles. The van der Waals surface area contributed by atoms with E-state index in [1.54, 1.807) is 0 Å². The van der Waals surface area contributed by atoms with Gasteiger partial charge in [-0.2, -0.15) is 0 Å². The molecule has 8 heteroatoms. The zero-order valence-corrected chi connectivity index (χ0v) is 29.7. The molecule has 0 aliphatic rings. The van der Waals surface area contributed by atoms with E-state index in [1.807, 2.05) is 21.1 Å². The van der Waals surface area contributed by atoms with Crippen molar-refractivity contribution in [3.8, 4) is 0 Å². The predicted octanol–water partition coefficient (Wildman–Crippen LogP) is 9.85. The summed E-state index contributed by atoms with van der Waals surface area (Å²) in [5, 5.41) is 0. The summed E-state index contributed by atoms with van der Waals surface area (Å²) >= 11 is 0. The first-order valence-corrected chi connectivity index (χ1v) is 19.3. The molecule has 2 unspecified atom stereocenters.